The number of nitrogens with zero attached hydrogens (tertiary/aromatic N) is 2. The van der Waals surface area contributed by atoms with E-state index in [0.29, 0.717) is 12.1 Å². The summed E-state index contributed by atoms with van der Waals surface area (Å²) >= 11 is 0. The largest absolute Gasteiger partial charge is 0.276 e. The molecule has 3 rings (SSSR count). The van der Waals surface area contributed by atoms with E-state index in [4.69, 9.17) is 0 Å². The number of hydrogen-bond donors (Lipinski definition) is 1. The van der Waals surface area contributed by atoms with E-state index in [0.717, 1.165) is 10.7 Å². The third-order valence-corrected chi connectivity index (χ3v) is 5.79. The highest BCUT2D eigenvalue weighted by Gasteiger charge is 2.28. The molecule has 0 atom stereocenters. The topological polar surface area (TPSA) is 64.0 Å². The van der Waals surface area contributed by atoms with Crippen molar-refractivity contribution in [2.45, 2.75) is 25.3 Å². The molecule has 2 aromatic carbocycles. The first-order valence-corrected chi connectivity index (χ1v) is 9.85. The van der Waals surface area contributed by atoms with E-state index in [2.05, 4.69) is 5.10 Å². The van der Waals surface area contributed by atoms with Gasteiger partial charge >= 0.3 is 0 Å². The minimum atomic E-state index is -4.56. The lowest BCUT2D eigenvalue weighted by atomic mass is 10.1. The first-order chi connectivity index (χ1) is 14.3. The smallest absolute Gasteiger partial charge is 0.264 e. The fourth-order valence-corrected chi connectivity index (χ4v) is 4.06. The lowest BCUT2D eigenvalue weighted by molar-refractivity contribution is 0.366. The Morgan fingerprint density at radius 3 is 2.00 bits per heavy atom. The summed E-state index contributed by atoms with van der Waals surface area (Å²) in [5, 5.41) is 3.85. The molecule has 1 N–H and O–H groups in total. The van der Waals surface area contributed by atoms with Gasteiger partial charge in [0.2, 0.25) is 5.82 Å². The van der Waals surface area contributed by atoms with Gasteiger partial charge in [-0.2, -0.15) is 5.10 Å². The lowest BCUT2D eigenvalue weighted by Crippen LogP contribution is -2.16. The van der Waals surface area contributed by atoms with Gasteiger partial charge < -0.3 is 0 Å². The van der Waals surface area contributed by atoms with Crippen LogP contribution >= 0.6 is 0 Å². The molecular weight excluding hydrogens is 455 g/mol. The van der Waals surface area contributed by atoms with Crippen LogP contribution in [0.1, 0.15) is 17.0 Å². The Labute approximate surface area is 171 Å². The molecule has 31 heavy (non-hydrogen) atoms. The number of aryl methyl sites for hydroxylation is 1. The molecule has 0 saturated heterocycles. The first-order valence-electron chi connectivity index (χ1n) is 8.37. The van der Waals surface area contributed by atoms with Crippen molar-refractivity contribution in [2.24, 2.45) is 0 Å². The molecule has 0 fully saturated rings. The van der Waals surface area contributed by atoms with Crippen molar-refractivity contribution in [1.29, 1.82) is 0 Å². The molecule has 0 aliphatic rings. The van der Waals surface area contributed by atoms with Crippen molar-refractivity contribution in [3.8, 4) is 0 Å². The third kappa shape index (κ3) is 3.96. The third-order valence-electron chi connectivity index (χ3n) is 4.41. The molecule has 166 valence electrons. The highest BCUT2D eigenvalue weighted by Crippen LogP contribution is 2.28. The van der Waals surface area contributed by atoms with Gasteiger partial charge in [-0.25, -0.2) is 39.2 Å². The van der Waals surface area contributed by atoms with E-state index in [1.54, 1.807) is 0 Å². The van der Waals surface area contributed by atoms with Crippen molar-refractivity contribution >= 4 is 15.7 Å². The number of rotatable bonds is 5. The van der Waals surface area contributed by atoms with Crippen LogP contribution < -0.4 is 4.72 Å². The van der Waals surface area contributed by atoms with Gasteiger partial charge in [0.15, 0.2) is 23.3 Å². The molecule has 0 aliphatic heterocycles. The zero-order chi connectivity index (χ0) is 23.2. The number of halogens is 7. The number of hydrogen-bond acceptors (Lipinski definition) is 3. The molecular formula is C18H12F7N3O2S. The van der Waals surface area contributed by atoms with Crippen LogP contribution in [0.15, 0.2) is 23.1 Å². The summed E-state index contributed by atoms with van der Waals surface area (Å²) in [4.78, 5) is -0.875. The monoisotopic (exact) mass is 467 g/mol. The molecule has 0 spiro atoms. The van der Waals surface area contributed by atoms with Crippen LogP contribution in [0.5, 0.6) is 0 Å². The Hall–Kier alpha value is -3.09. The number of sulfonamides is 1. The van der Waals surface area contributed by atoms with Gasteiger partial charge in [-0.15, -0.1) is 0 Å². The number of aromatic nitrogens is 2. The molecule has 1 aromatic heterocycles. The van der Waals surface area contributed by atoms with Crippen LogP contribution in [0, 0.1) is 54.6 Å². The van der Waals surface area contributed by atoms with Crippen LogP contribution in [0.2, 0.25) is 0 Å². The SMILES string of the molecule is Cc1nn(Cc2c(F)c(F)c(F)c(F)c2F)c(C)c1NS(=O)(=O)c1ccc(F)cc1F. The summed E-state index contributed by atoms with van der Waals surface area (Å²) in [6.07, 6.45) is 0. The molecule has 0 amide bonds. The maximum Gasteiger partial charge on any atom is 0.264 e. The van der Waals surface area contributed by atoms with Crippen molar-refractivity contribution < 1.29 is 39.2 Å². The Morgan fingerprint density at radius 1 is 0.903 bits per heavy atom. The maximum absolute atomic E-state index is 14.0. The summed E-state index contributed by atoms with van der Waals surface area (Å²) in [7, 11) is -4.56. The maximum atomic E-state index is 14.0. The van der Waals surface area contributed by atoms with E-state index in [1.165, 1.54) is 13.8 Å². The highest BCUT2D eigenvalue weighted by atomic mass is 32.2. The average Bonchev–Trinajstić information content (AvgIpc) is 2.95. The second-order valence-electron chi connectivity index (χ2n) is 6.43. The number of anilines is 1. The first kappa shape index (κ1) is 22.6. The summed E-state index contributed by atoms with van der Waals surface area (Å²) in [6.45, 7) is 1.64. The van der Waals surface area contributed by atoms with E-state index >= 15 is 0 Å². The van der Waals surface area contributed by atoms with Crippen LogP contribution in [-0.4, -0.2) is 18.2 Å². The van der Waals surface area contributed by atoms with Crippen LogP contribution in [0.3, 0.4) is 0 Å². The second kappa shape index (κ2) is 7.87. The minimum Gasteiger partial charge on any atom is -0.276 e. The van der Waals surface area contributed by atoms with Crippen molar-refractivity contribution in [3.05, 3.63) is 75.9 Å². The van der Waals surface area contributed by atoms with Gasteiger partial charge in [-0.05, 0) is 26.0 Å². The Kier molecular flexibility index (Phi) is 5.74. The van der Waals surface area contributed by atoms with E-state index in [9.17, 15) is 39.2 Å². The Balaban J connectivity index is 2.01. The predicted octanol–water partition coefficient (Wildman–Crippen LogP) is 4.32. The number of nitrogens with one attached hydrogen (secondary N) is 1. The van der Waals surface area contributed by atoms with E-state index < -0.39 is 67.7 Å². The number of benzene rings is 2. The molecule has 5 nitrogen and oxygen atoms in total. The molecule has 0 radical (unpaired) electrons. The quantitative estimate of drug-likeness (QED) is 0.345. The molecule has 0 saturated carbocycles. The zero-order valence-electron chi connectivity index (χ0n) is 15.7. The lowest BCUT2D eigenvalue weighted by Gasteiger charge is -2.11. The van der Waals surface area contributed by atoms with Gasteiger partial charge in [0, 0.05) is 6.07 Å². The van der Waals surface area contributed by atoms with Gasteiger partial charge in [-0.3, -0.25) is 9.40 Å². The molecule has 1 heterocycles. The second-order valence-corrected chi connectivity index (χ2v) is 8.08. The van der Waals surface area contributed by atoms with Crippen LogP contribution in [0.4, 0.5) is 36.4 Å². The molecule has 3 aromatic rings. The highest BCUT2D eigenvalue weighted by molar-refractivity contribution is 7.92. The van der Waals surface area contributed by atoms with Crippen molar-refractivity contribution in [3.63, 3.8) is 0 Å². The van der Waals surface area contributed by atoms with Crippen molar-refractivity contribution in [2.75, 3.05) is 4.72 Å². The van der Waals surface area contributed by atoms with Gasteiger partial charge in [0.25, 0.3) is 10.0 Å². The van der Waals surface area contributed by atoms with Crippen LogP contribution in [-0.2, 0) is 16.6 Å². The van der Waals surface area contributed by atoms with Crippen LogP contribution in [0.25, 0.3) is 0 Å². The van der Waals surface area contributed by atoms with E-state index in [-0.39, 0.29) is 17.1 Å². The molecule has 0 unspecified atom stereocenters. The minimum absolute atomic E-state index is 0.0348. The fourth-order valence-electron chi connectivity index (χ4n) is 2.82. The van der Waals surface area contributed by atoms with Gasteiger partial charge in [-0.1, -0.05) is 0 Å². The predicted molar refractivity (Wildman–Crippen MR) is 94.2 cm³/mol. The Morgan fingerprint density at radius 2 is 1.45 bits per heavy atom. The summed E-state index contributed by atoms with van der Waals surface area (Å²) < 4.78 is 123. The van der Waals surface area contributed by atoms with Gasteiger partial charge in [0.05, 0.1) is 29.2 Å². The molecule has 0 bridgehead atoms. The fraction of sp³-hybridized carbons (Fsp3) is 0.167. The molecule has 0 aliphatic carbocycles. The van der Waals surface area contributed by atoms with Gasteiger partial charge in [0.1, 0.15) is 16.5 Å². The Bertz CT molecular complexity index is 1280. The standard InChI is InChI=1S/C18H12F7N3O2S/c1-7-18(27-31(29,30)12-4-3-9(19)5-11(12)20)8(2)28(26-7)6-10-13(21)15(23)17(25)16(24)14(10)22/h3-5,27H,6H2,1-2H3. The van der Waals surface area contributed by atoms with E-state index in [1.807, 2.05) is 4.72 Å². The molecule has 13 heteroatoms. The average molecular weight is 467 g/mol. The normalized spacial score (nSPS) is 11.8. The summed E-state index contributed by atoms with van der Waals surface area (Å²) in [5.74, 6) is -13.1. The summed E-state index contributed by atoms with van der Waals surface area (Å²) in [5.41, 5.74) is -1.49. The zero-order valence-corrected chi connectivity index (χ0v) is 16.5. The summed E-state index contributed by atoms with van der Waals surface area (Å²) in [6, 6.07) is 1.78. The van der Waals surface area contributed by atoms with Crippen molar-refractivity contribution in [1.82, 2.24) is 9.78 Å².